The number of aromatic nitrogens is 1. The Morgan fingerprint density at radius 3 is 2.95 bits per heavy atom. The second kappa shape index (κ2) is 5.68. The summed E-state index contributed by atoms with van der Waals surface area (Å²) in [5.41, 5.74) is 8.14. The Morgan fingerprint density at radius 1 is 1.53 bits per heavy atom. The SMILES string of the molecule is NC(=NO)c1ccc(Cl)c(NC(=O)c2cscn2)c1. The van der Waals surface area contributed by atoms with E-state index in [2.05, 4.69) is 15.5 Å². The largest absolute Gasteiger partial charge is 0.409 e. The quantitative estimate of drug-likeness (QED) is 0.349. The van der Waals surface area contributed by atoms with Crippen LogP contribution in [0.25, 0.3) is 0 Å². The summed E-state index contributed by atoms with van der Waals surface area (Å²) in [6, 6.07) is 4.64. The van der Waals surface area contributed by atoms with Gasteiger partial charge in [0.1, 0.15) is 5.69 Å². The van der Waals surface area contributed by atoms with Crippen molar-refractivity contribution >= 4 is 40.4 Å². The van der Waals surface area contributed by atoms with Crippen LogP contribution in [0.15, 0.2) is 34.2 Å². The lowest BCUT2D eigenvalue weighted by Crippen LogP contribution is -2.16. The number of hydrogen-bond donors (Lipinski definition) is 3. The number of anilines is 1. The molecule has 0 bridgehead atoms. The Hall–Kier alpha value is -2.12. The van der Waals surface area contributed by atoms with E-state index in [-0.39, 0.29) is 11.7 Å². The molecule has 4 N–H and O–H groups in total. The van der Waals surface area contributed by atoms with Crippen molar-refractivity contribution < 1.29 is 10.0 Å². The number of nitrogens with one attached hydrogen (secondary N) is 1. The van der Waals surface area contributed by atoms with Gasteiger partial charge in [-0.15, -0.1) is 11.3 Å². The van der Waals surface area contributed by atoms with Crippen LogP contribution in [0.4, 0.5) is 5.69 Å². The fourth-order valence-electron chi connectivity index (χ4n) is 1.35. The molecule has 2 rings (SSSR count). The Kier molecular flexibility index (Phi) is 3.98. The Morgan fingerprint density at radius 2 is 2.32 bits per heavy atom. The molecule has 0 atom stereocenters. The van der Waals surface area contributed by atoms with Gasteiger partial charge in [0, 0.05) is 10.9 Å². The summed E-state index contributed by atoms with van der Waals surface area (Å²) in [5.74, 6) is -0.444. The molecule has 1 aromatic carbocycles. The number of hydrogen-bond acceptors (Lipinski definition) is 5. The summed E-state index contributed by atoms with van der Waals surface area (Å²) in [7, 11) is 0. The molecular weight excluding hydrogens is 288 g/mol. The van der Waals surface area contributed by atoms with Crippen LogP contribution in [0.5, 0.6) is 0 Å². The van der Waals surface area contributed by atoms with Crippen molar-refractivity contribution in [3.63, 3.8) is 0 Å². The zero-order chi connectivity index (χ0) is 13.8. The number of amidine groups is 1. The standard InChI is InChI=1S/C11H9ClN4O2S/c12-7-2-1-6(10(13)16-18)3-8(7)15-11(17)9-4-19-5-14-9/h1-5,18H,(H2,13,16)(H,15,17). The number of thiazole rings is 1. The number of halogens is 1. The Balaban J connectivity index is 2.27. The molecule has 6 nitrogen and oxygen atoms in total. The normalized spacial score (nSPS) is 11.3. The number of nitrogens with zero attached hydrogens (tertiary/aromatic N) is 2. The van der Waals surface area contributed by atoms with Crippen molar-refractivity contribution in [1.82, 2.24) is 4.98 Å². The van der Waals surface area contributed by atoms with Crippen molar-refractivity contribution in [1.29, 1.82) is 0 Å². The van der Waals surface area contributed by atoms with Gasteiger partial charge in [0.05, 0.1) is 16.2 Å². The van der Waals surface area contributed by atoms with Crippen LogP contribution in [0.1, 0.15) is 16.1 Å². The summed E-state index contributed by atoms with van der Waals surface area (Å²) < 4.78 is 0. The molecule has 0 radical (unpaired) electrons. The van der Waals surface area contributed by atoms with Gasteiger partial charge in [-0.3, -0.25) is 4.79 Å². The first kappa shape index (κ1) is 13.3. The van der Waals surface area contributed by atoms with E-state index in [0.717, 1.165) is 0 Å². The highest BCUT2D eigenvalue weighted by molar-refractivity contribution is 7.07. The molecule has 0 fully saturated rings. The average molecular weight is 297 g/mol. The van der Waals surface area contributed by atoms with Crippen LogP contribution in [0, 0.1) is 0 Å². The summed E-state index contributed by atoms with van der Waals surface area (Å²) in [5, 5.41) is 16.1. The van der Waals surface area contributed by atoms with Gasteiger partial charge in [-0.1, -0.05) is 16.8 Å². The molecule has 2 aromatic rings. The first-order valence-electron chi connectivity index (χ1n) is 5.09. The van der Waals surface area contributed by atoms with Gasteiger partial charge >= 0.3 is 0 Å². The molecule has 0 aliphatic heterocycles. The van der Waals surface area contributed by atoms with Crippen molar-refractivity contribution in [3.05, 3.63) is 45.4 Å². The molecule has 19 heavy (non-hydrogen) atoms. The van der Waals surface area contributed by atoms with Gasteiger partial charge in [-0.05, 0) is 18.2 Å². The van der Waals surface area contributed by atoms with Crippen LogP contribution >= 0.6 is 22.9 Å². The van der Waals surface area contributed by atoms with E-state index in [9.17, 15) is 4.79 Å². The van der Waals surface area contributed by atoms with Crippen LogP contribution in [0.2, 0.25) is 5.02 Å². The maximum absolute atomic E-state index is 11.8. The maximum Gasteiger partial charge on any atom is 0.275 e. The number of benzene rings is 1. The van der Waals surface area contributed by atoms with Crippen molar-refractivity contribution in [2.24, 2.45) is 10.9 Å². The third-order valence-electron chi connectivity index (χ3n) is 2.28. The number of amides is 1. The highest BCUT2D eigenvalue weighted by Gasteiger charge is 2.11. The van der Waals surface area contributed by atoms with Crippen LogP contribution in [-0.4, -0.2) is 21.9 Å². The Labute approximate surface area is 117 Å². The van der Waals surface area contributed by atoms with Crippen LogP contribution in [-0.2, 0) is 0 Å². The Bertz CT molecular complexity index is 628. The van der Waals surface area contributed by atoms with Gasteiger partial charge in [-0.25, -0.2) is 4.98 Å². The fraction of sp³-hybridized carbons (Fsp3) is 0. The van der Waals surface area contributed by atoms with E-state index in [4.69, 9.17) is 22.5 Å². The molecule has 1 aromatic heterocycles. The third kappa shape index (κ3) is 3.01. The van der Waals surface area contributed by atoms with E-state index < -0.39 is 0 Å². The minimum absolute atomic E-state index is 0.0687. The lowest BCUT2D eigenvalue weighted by Gasteiger charge is -2.07. The number of oxime groups is 1. The lowest BCUT2D eigenvalue weighted by atomic mass is 10.2. The van der Waals surface area contributed by atoms with E-state index in [1.807, 2.05) is 0 Å². The minimum Gasteiger partial charge on any atom is -0.409 e. The molecule has 0 spiro atoms. The molecule has 98 valence electrons. The number of nitrogens with two attached hydrogens (primary N) is 1. The predicted octanol–water partition coefficient (Wildman–Crippen LogP) is 2.14. The molecule has 8 heteroatoms. The number of rotatable bonds is 3. The lowest BCUT2D eigenvalue weighted by molar-refractivity contribution is 0.102. The summed E-state index contributed by atoms with van der Waals surface area (Å²) >= 11 is 7.29. The molecular formula is C11H9ClN4O2S. The topological polar surface area (TPSA) is 101 Å². The fourth-order valence-corrected chi connectivity index (χ4v) is 2.05. The van der Waals surface area contributed by atoms with Gasteiger partial charge in [0.15, 0.2) is 5.84 Å². The minimum atomic E-state index is -0.375. The molecule has 1 heterocycles. The highest BCUT2D eigenvalue weighted by Crippen LogP contribution is 2.23. The van der Waals surface area contributed by atoms with Gasteiger partial charge in [0.25, 0.3) is 5.91 Å². The maximum atomic E-state index is 11.8. The van der Waals surface area contributed by atoms with Crippen molar-refractivity contribution in [3.8, 4) is 0 Å². The smallest absolute Gasteiger partial charge is 0.275 e. The van der Waals surface area contributed by atoms with Gasteiger partial charge in [-0.2, -0.15) is 0 Å². The zero-order valence-electron chi connectivity index (χ0n) is 9.50. The van der Waals surface area contributed by atoms with E-state index >= 15 is 0 Å². The zero-order valence-corrected chi connectivity index (χ0v) is 11.1. The average Bonchev–Trinajstić information content (AvgIpc) is 2.94. The molecule has 0 aliphatic carbocycles. The molecule has 0 aliphatic rings. The van der Waals surface area contributed by atoms with E-state index in [1.165, 1.54) is 17.4 Å². The van der Waals surface area contributed by atoms with Crippen LogP contribution in [0.3, 0.4) is 0 Å². The van der Waals surface area contributed by atoms with Gasteiger partial charge < -0.3 is 16.3 Å². The van der Waals surface area contributed by atoms with Crippen LogP contribution < -0.4 is 11.1 Å². The van der Waals surface area contributed by atoms with E-state index in [1.54, 1.807) is 23.0 Å². The molecule has 0 saturated heterocycles. The predicted molar refractivity (Wildman–Crippen MR) is 74.0 cm³/mol. The van der Waals surface area contributed by atoms with Crippen molar-refractivity contribution in [2.45, 2.75) is 0 Å². The van der Waals surface area contributed by atoms with E-state index in [0.29, 0.717) is 22.0 Å². The molecule has 0 saturated carbocycles. The summed E-state index contributed by atoms with van der Waals surface area (Å²) in [6.07, 6.45) is 0. The third-order valence-corrected chi connectivity index (χ3v) is 3.20. The second-order valence-electron chi connectivity index (χ2n) is 3.51. The highest BCUT2D eigenvalue weighted by atomic mass is 35.5. The number of carbonyl (C=O) groups is 1. The summed E-state index contributed by atoms with van der Waals surface area (Å²) in [4.78, 5) is 15.7. The first-order valence-corrected chi connectivity index (χ1v) is 6.41. The van der Waals surface area contributed by atoms with Gasteiger partial charge in [0.2, 0.25) is 0 Å². The van der Waals surface area contributed by atoms with Crippen molar-refractivity contribution in [2.75, 3.05) is 5.32 Å². The molecule has 1 amide bonds. The number of carbonyl (C=O) groups excluding carboxylic acids is 1. The second-order valence-corrected chi connectivity index (χ2v) is 4.63. The molecule has 0 unspecified atom stereocenters. The monoisotopic (exact) mass is 296 g/mol. The first-order chi connectivity index (χ1) is 9.11. The summed E-state index contributed by atoms with van der Waals surface area (Å²) in [6.45, 7) is 0.